The van der Waals surface area contributed by atoms with Crippen molar-refractivity contribution in [2.24, 2.45) is 0 Å². The lowest BCUT2D eigenvalue weighted by Gasteiger charge is -2.26. The molecule has 2 aromatic carbocycles. The number of tetrazole rings is 1. The van der Waals surface area contributed by atoms with Gasteiger partial charge in [0.2, 0.25) is 0 Å². The maximum Gasteiger partial charge on any atom is 0.357 e. The lowest BCUT2D eigenvalue weighted by atomic mass is 10.0. The summed E-state index contributed by atoms with van der Waals surface area (Å²) in [5, 5.41) is 25.4. The third-order valence-corrected chi connectivity index (χ3v) is 7.05. The van der Waals surface area contributed by atoms with Gasteiger partial charge in [-0.25, -0.2) is 14.9 Å². The molecule has 40 heavy (non-hydrogen) atoms. The zero-order valence-corrected chi connectivity index (χ0v) is 23.8. The van der Waals surface area contributed by atoms with E-state index in [4.69, 9.17) is 9.72 Å². The van der Waals surface area contributed by atoms with Crippen molar-refractivity contribution in [1.82, 2.24) is 30.2 Å². The summed E-state index contributed by atoms with van der Waals surface area (Å²) in [6.45, 7) is 9.97. The predicted molar refractivity (Wildman–Crippen MR) is 151 cm³/mol. The number of hydrogen-bond acceptors (Lipinski definition) is 8. The van der Waals surface area contributed by atoms with Crippen molar-refractivity contribution in [2.45, 2.75) is 85.1 Å². The van der Waals surface area contributed by atoms with E-state index < -0.39 is 11.6 Å². The van der Waals surface area contributed by atoms with Gasteiger partial charge in [-0.15, -0.1) is 5.10 Å². The maximum atomic E-state index is 13.3. The molecule has 4 aromatic rings. The fraction of sp³-hybridized carbons (Fsp3) is 0.433. The molecule has 10 heteroatoms. The number of anilines is 2. The Balaban J connectivity index is 1.56. The number of hydrogen-bond donors (Lipinski definition) is 2. The molecule has 10 nitrogen and oxygen atoms in total. The number of aryl methyl sites for hydroxylation is 3. The summed E-state index contributed by atoms with van der Waals surface area (Å²) in [5.41, 5.74) is 5.11. The Labute approximate surface area is 234 Å². The first-order valence-electron chi connectivity index (χ1n) is 13.9. The second-order valence-electron chi connectivity index (χ2n) is 11.1. The highest BCUT2D eigenvalue weighted by atomic mass is 16.5. The average Bonchev–Trinajstić information content (AvgIpc) is 3.51. The fourth-order valence-electron chi connectivity index (χ4n) is 5.32. The van der Waals surface area contributed by atoms with E-state index in [0.29, 0.717) is 36.7 Å². The Morgan fingerprint density at radius 2 is 1.85 bits per heavy atom. The SMILES string of the molecule is CCCc1nc(C(C)(C)O)c(C(=O)OC(C)C)n1Cc1ccc2c(c1)CCc1ccccc1N2Cc1nnn[nH]1. The Morgan fingerprint density at radius 1 is 1.10 bits per heavy atom. The number of rotatable bonds is 9. The summed E-state index contributed by atoms with van der Waals surface area (Å²) >= 11 is 0. The number of esters is 1. The molecule has 0 bridgehead atoms. The van der Waals surface area contributed by atoms with Crippen LogP contribution in [0, 0.1) is 0 Å². The number of carbonyl (C=O) groups excluding carboxylic acids is 1. The summed E-state index contributed by atoms with van der Waals surface area (Å²) < 4.78 is 7.54. The van der Waals surface area contributed by atoms with Crippen LogP contribution in [0.2, 0.25) is 0 Å². The maximum absolute atomic E-state index is 13.3. The molecule has 2 N–H and O–H groups in total. The van der Waals surface area contributed by atoms with E-state index in [1.165, 1.54) is 11.1 Å². The van der Waals surface area contributed by atoms with E-state index in [1.54, 1.807) is 13.8 Å². The molecule has 0 saturated heterocycles. The number of aromatic amines is 1. The molecule has 0 aliphatic carbocycles. The molecular weight excluding hydrogens is 506 g/mol. The van der Waals surface area contributed by atoms with Crippen LogP contribution in [0.1, 0.15) is 85.6 Å². The van der Waals surface area contributed by atoms with Crippen molar-refractivity contribution >= 4 is 17.3 Å². The number of nitrogens with zero attached hydrogens (tertiary/aromatic N) is 6. The van der Waals surface area contributed by atoms with E-state index in [0.717, 1.165) is 42.0 Å². The number of aromatic nitrogens is 6. The summed E-state index contributed by atoms with van der Waals surface area (Å²) in [5.74, 6) is 0.970. The number of nitrogens with one attached hydrogen (secondary N) is 1. The molecule has 0 fully saturated rings. The number of para-hydroxylation sites is 1. The molecule has 0 atom stereocenters. The minimum atomic E-state index is -1.30. The Kier molecular flexibility index (Phi) is 7.71. The summed E-state index contributed by atoms with van der Waals surface area (Å²) in [7, 11) is 0. The summed E-state index contributed by atoms with van der Waals surface area (Å²) in [6, 6.07) is 14.9. The lowest BCUT2D eigenvalue weighted by Crippen LogP contribution is -2.24. The van der Waals surface area contributed by atoms with Gasteiger partial charge in [0.05, 0.1) is 12.6 Å². The van der Waals surface area contributed by atoms with Crippen molar-refractivity contribution in [3.05, 3.63) is 82.2 Å². The molecule has 1 aliphatic heterocycles. The van der Waals surface area contributed by atoms with E-state index in [1.807, 2.05) is 18.4 Å². The molecule has 5 rings (SSSR count). The molecular formula is C30H37N7O3. The van der Waals surface area contributed by atoms with Gasteiger partial charge in [0.15, 0.2) is 11.5 Å². The van der Waals surface area contributed by atoms with E-state index in [-0.39, 0.29) is 6.10 Å². The third-order valence-electron chi connectivity index (χ3n) is 7.05. The zero-order valence-electron chi connectivity index (χ0n) is 23.8. The smallest absolute Gasteiger partial charge is 0.357 e. The van der Waals surface area contributed by atoms with Gasteiger partial charge in [-0.2, -0.15) is 0 Å². The molecule has 2 aromatic heterocycles. The van der Waals surface area contributed by atoms with Crippen LogP contribution >= 0.6 is 0 Å². The largest absolute Gasteiger partial charge is 0.458 e. The number of imidazole rings is 1. The molecule has 0 saturated carbocycles. The molecule has 0 spiro atoms. The van der Waals surface area contributed by atoms with Crippen LogP contribution in [0.4, 0.5) is 11.4 Å². The molecule has 1 aliphatic rings. The fourth-order valence-corrected chi connectivity index (χ4v) is 5.32. The third kappa shape index (κ3) is 5.62. The highest BCUT2D eigenvalue weighted by molar-refractivity contribution is 5.89. The Hall–Kier alpha value is -4.05. The van der Waals surface area contributed by atoms with Crippen LogP contribution in [-0.4, -0.2) is 47.4 Å². The summed E-state index contributed by atoms with van der Waals surface area (Å²) in [6.07, 6.45) is 3.01. The van der Waals surface area contributed by atoms with Gasteiger partial charge in [-0.3, -0.25) is 0 Å². The van der Waals surface area contributed by atoms with Crippen molar-refractivity contribution in [1.29, 1.82) is 0 Å². The molecule has 0 radical (unpaired) electrons. The van der Waals surface area contributed by atoms with Crippen molar-refractivity contribution in [3.8, 4) is 0 Å². The molecule has 3 heterocycles. The van der Waals surface area contributed by atoms with Gasteiger partial charge in [-0.05, 0) is 86.2 Å². The van der Waals surface area contributed by atoms with E-state index in [9.17, 15) is 9.90 Å². The normalized spacial score (nSPS) is 13.2. The first-order valence-corrected chi connectivity index (χ1v) is 13.9. The number of carbonyl (C=O) groups is 1. The standard InChI is InChI=1S/C30H37N7O3/c1-6-9-26-31-28(30(4,5)39)27(29(38)40-19(2)3)37(26)17-20-12-15-24-22(16-20)14-13-21-10-7-8-11-23(21)36(24)18-25-32-34-35-33-25/h7-8,10-12,15-16,19,39H,6,9,13-14,17-18H2,1-5H3,(H,32,33,34,35). The minimum absolute atomic E-state index is 0.292. The van der Waals surface area contributed by atoms with Crippen molar-refractivity contribution in [3.63, 3.8) is 0 Å². The number of aliphatic hydroxyl groups is 1. The average molecular weight is 544 g/mol. The van der Waals surface area contributed by atoms with Gasteiger partial charge in [0.25, 0.3) is 0 Å². The van der Waals surface area contributed by atoms with Crippen molar-refractivity contribution in [2.75, 3.05) is 4.90 Å². The number of ether oxygens (including phenoxy) is 1. The van der Waals surface area contributed by atoms with Gasteiger partial charge in [-0.1, -0.05) is 37.3 Å². The summed E-state index contributed by atoms with van der Waals surface area (Å²) in [4.78, 5) is 20.3. The topological polar surface area (TPSA) is 122 Å². The number of fused-ring (bicyclic) bond motifs is 2. The van der Waals surface area contributed by atoms with Gasteiger partial charge >= 0.3 is 5.97 Å². The van der Waals surface area contributed by atoms with E-state index in [2.05, 4.69) is 74.9 Å². The van der Waals surface area contributed by atoms with Crippen LogP contribution in [0.15, 0.2) is 42.5 Å². The Bertz CT molecular complexity index is 1490. The molecule has 0 unspecified atom stereocenters. The lowest BCUT2D eigenvalue weighted by molar-refractivity contribution is 0.0334. The molecule has 0 amide bonds. The highest BCUT2D eigenvalue weighted by Gasteiger charge is 2.33. The second kappa shape index (κ2) is 11.2. The highest BCUT2D eigenvalue weighted by Crippen LogP contribution is 2.37. The van der Waals surface area contributed by atoms with Gasteiger partial charge in [0.1, 0.15) is 17.1 Å². The van der Waals surface area contributed by atoms with Crippen LogP contribution in [0.3, 0.4) is 0 Å². The zero-order chi connectivity index (χ0) is 28.4. The quantitative estimate of drug-likeness (QED) is 0.293. The van der Waals surface area contributed by atoms with Gasteiger partial charge in [0, 0.05) is 24.3 Å². The number of benzene rings is 2. The van der Waals surface area contributed by atoms with Crippen molar-refractivity contribution < 1.29 is 14.6 Å². The number of H-pyrrole nitrogens is 1. The molecule has 210 valence electrons. The van der Waals surface area contributed by atoms with Crippen LogP contribution in [0.25, 0.3) is 0 Å². The minimum Gasteiger partial charge on any atom is -0.458 e. The first kappa shape index (κ1) is 27.5. The van der Waals surface area contributed by atoms with Crippen LogP contribution < -0.4 is 4.90 Å². The van der Waals surface area contributed by atoms with Crippen LogP contribution in [-0.2, 0) is 42.7 Å². The van der Waals surface area contributed by atoms with Gasteiger partial charge < -0.3 is 19.3 Å². The Morgan fingerprint density at radius 3 is 2.55 bits per heavy atom. The monoisotopic (exact) mass is 543 g/mol. The first-order chi connectivity index (χ1) is 19.2. The van der Waals surface area contributed by atoms with Crippen LogP contribution in [0.5, 0.6) is 0 Å². The van der Waals surface area contributed by atoms with E-state index >= 15 is 0 Å². The second-order valence-corrected chi connectivity index (χ2v) is 11.1. The predicted octanol–water partition coefficient (Wildman–Crippen LogP) is 4.63.